The zero-order chi connectivity index (χ0) is 17.0. The number of benzene rings is 1. The summed E-state index contributed by atoms with van der Waals surface area (Å²) >= 11 is 5.69. The normalized spacial score (nSPS) is 11.5. The highest BCUT2D eigenvalue weighted by Gasteiger charge is 2.21. The molecule has 2 rings (SSSR count). The molecule has 0 N–H and O–H groups in total. The van der Waals surface area contributed by atoms with Crippen molar-refractivity contribution >= 4 is 21.6 Å². The molecule has 0 radical (unpaired) electrons. The predicted octanol–water partition coefficient (Wildman–Crippen LogP) is 2.57. The molecule has 6 nitrogen and oxygen atoms in total. The Morgan fingerprint density at radius 3 is 2.39 bits per heavy atom. The van der Waals surface area contributed by atoms with Gasteiger partial charge in [0, 0.05) is 19.8 Å². The third-order valence-corrected chi connectivity index (χ3v) is 5.27. The fourth-order valence-electron chi connectivity index (χ4n) is 2.02. The average molecular weight is 357 g/mol. The third kappa shape index (κ3) is 3.93. The van der Waals surface area contributed by atoms with Gasteiger partial charge in [0.1, 0.15) is 10.0 Å². The molecular weight excluding hydrogens is 340 g/mol. The van der Waals surface area contributed by atoms with Gasteiger partial charge in [0.15, 0.2) is 11.5 Å². The first kappa shape index (κ1) is 17.5. The molecule has 0 saturated heterocycles. The Kier molecular flexibility index (Phi) is 5.46. The van der Waals surface area contributed by atoms with Gasteiger partial charge in [0.25, 0.3) is 0 Å². The fourth-order valence-corrected chi connectivity index (χ4v) is 3.23. The Morgan fingerprint density at radius 2 is 1.83 bits per heavy atom. The van der Waals surface area contributed by atoms with Crippen molar-refractivity contribution in [3.63, 3.8) is 0 Å². The van der Waals surface area contributed by atoms with Crippen LogP contribution in [0.2, 0.25) is 5.15 Å². The summed E-state index contributed by atoms with van der Waals surface area (Å²) in [6, 6.07) is 8.13. The first-order valence-electron chi connectivity index (χ1n) is 6.67. The minimum Gasteiger partial charge on any atom is -0.493 e. The molecule has 2 aromatic rings. The van der Waals surface area contributed by atoms with Crippen LogP contribution >= 0.6 is 11.6 Å². The lowest BCUT2D eigenvalue weighted by molar-refractivity contribution is 0.354. The Bertz CT molecular complexity index is 779. The zero-order valence-electron chi connectivity index (χ0n) is 13.0. The van der Waals surface area contributed by atoms with Crippen molar-refractivity contribution < 1.29 is 17.9 Å². The standard InChI is InChI=1S/C15H17ClN2O4S/c1-18(23(19,20)12-5-7-15(16)17-9-12)10-11-4-6-13(21-2)14(8-11)22-3/h4-9H,10H2,1-3H3. The van der Waals surface area contributed by atoms with Gasteiger partial charge in [-0.2, -0.15) is 4.31 Å². The van der Waals surface area contributed by atoms with E-state index in [1.54, 1.807) is 25.3 Å². The number of halogens is 1. The third-order valence-electron chi connectivity index (χ3n) is 3.26. The molecule has 0 aliphatic carbocycles. The predicted molar refractivity (Wildman–Crippen MR) is 87.4 cm³/mol. The van der Waals surface area contributed by atoms with Crippen molar-refractivity contribution in [1.29, 1.82) is 0 Å². The second kappa shape index (κ2) is 7.16. The Labute approximate surface area is 140 Å². The van der Waals surface area contributed by atoms with E-state index in [0.29, 0.717) is 11.5 Å². The number of rotatable bonds is 6. The highest BCUT2D eigenvalue weighted by atomic mass is 35.5. The van der Waals surface area contributed by atoms with Crippen molar-refractivity contribution in [1.82, 2.24) is 9.29 Å². The minimum absolute atomic E-state index is 0.0878. The van der Waals surface area contributed by atoms with E-state index in [2.05, 4.69) is 4.98 Å². The van der Waals surface area contributed by atoms with Crippen LogP contribution in [-0.2, 0) is 16.6 Å². The van der Waals surface area contributed by atoms with Gasteiger partial charge >= 0.3 is 0 Å². The first-order valence-corrected chi connectivity index (χ1v) is 8.49. The molecule has 1 heterocycles. The lowest BCUT2D eigenvalue weighted by Crippen LogP contribution is -2.26. The number of sulfonamides is 1. The first-order chi connectivity index (χ1) is 10.9. The van der Waals surface area contributed by atoms with Crippen LogP contribution in [0.5, 0.6) is 11.5 Å². The molecule has 8 heteroatoms. The molecule has 0 unspecified atom stereocenters. The molecule has 0 spiro atoms. The zero-order valence-corrected chi connectivity index (χ0v) is 14.6. The van der Waals surface area contributed by atoms with Crippen molar-refractivity contribution in [2.45, 2.75) is 11.4 Å². The van der Waals surface area contributed by atoms with E-state index in [4.69, 9.17) is 21.1 Å². The van der Waals surface area contributed by atoms with Gasteiger partial charge in [0.2, 0.25) is 10.0 Å². The molecule has 0 saturated carbocycles. The number of aromatic nitrogens is 1. The van der Waals surface area contributed by atoms with Crippen LogP contribution in [0.15, 0.2) is 41.4 Å². The smallest absolute Gasteiger partial charge is 0.244 e. The van der Waals surface area contributed by atoms with Gasteiger partial charge in [-0.15, -0.1) is 0 Å². The summed E-state index contributed by atoms with van der Waals surface area (Å²) in [4.78, 5) is 3.90. The molecule has 0 aliphatic rings. The van der Waals surface area contributed by atoms with Crippen LogP contribution in [0.4, 0.5) is 0 Å². The SMILES string of the molecule is COc1ccc(CN(C)S(=O)(=O)c2ccc(Cl)nc2)cc1OC. The molecule has 0 fully saturated rings. The van der Waals surface area contributed by atoms with E-state index in [9.17, 15) is 8.42 Å². The molecule has 1 aromatic heterocycles. The molecular formula is C15H17ClN2O4S. The Hall–Kier alpha value is -1.83. The quantitative estimate of drug-likeness (QED) is 0.744. The average Bonchev–Trinajstić information content (AvgIpc) is 2.55. The highest BCUT2D eigenvalue weighted by molar-refractivity contribution is 7.89. The van der Waals surface area contributed by atoms with Crippen LogP contribution in [0.25, 0.3) is 0 Å². The summed E-state index contributed by atoms with van der Waals surface area (Å²) in [5.41, 5.74) is 0.774. The van der Waals surface area contributed by atoms with Gasteiger partial charge in [-0.1, -0.05) is 17.7 Å². The number of ether oxygens (including phenoxy) is 2. The van der Waals surface area contributed by atoms with E-state index >= 15 is 0 Å². The fraction of sp³-hybridized carbons (Fsp3) is 0.267. The summed E-state index contributed by atoms with van der Waals surface area (Å²) in [6.07, 6.45) is 1.24. The lowest BCUT2D eigenvalue weighted by atomic mass is 10.2. The number of hydrogen-bond acceptors (Lipinski definition) is 5. The minimum atomic E-state index is -3.65. The Balaban J connectivity index is 2.24. The molecule has 124 valence electrons. The molecule has 1 aromatic carbocycles. The molecule has 0 atom stereocenters. The van der Waals surface area contributed by atoms with Gasteiger partial charge < -0.3 is 9.47 Å². The van der Waals surface area contributed by atoms with E-state index in [-0.39, 0.29) is 16.6 Å². The van der Waals surface area contributed by atoms with Crippen LogP contribution < -0.4 is 9.47 Å². The second-order valence-corrected chi connectivity index (χ2v) is 7.20. The van der Waals surface area contributed by atoms with Crippen molar-refractivity contribution in [3.8, 4) is 11.5 Å². The maximum atomic E-state index is 12.5. The monoisotopic (exact) mass is 356 g/mol. The number of pyridine rings is 1. The maximum absolute atomic E-state index is 12.5. The van der Waals surface area contributed by atoms with E-state index in [1.165, 1.54) is 36.8 Å². The van der Waals surface area contributed by atoms with E-state index in [1.807, 2.05) is 0 Å². The highest BCUT2D eigenvalue weighted by Crippen LogP contribution is 2.28. The van der Waals surface area contributed by atoms with Crippen molar-refractivity contribution in [2.24, 2.45) is 0 Å². The van der Waals surface area contributed by atoms with E-state index < -0.39 is 10.0 Å². The summed E-state index contributed by atoms with van der Waals surface area (Å²) in [6.45, 7) is 0.186. The number of nitrogens with zero attached hydrogens (tertiary/aromatic N) is 2. The molecule has 0 aliphatic heterocycles. The Morgan fingerprint density at radius 1 is 1.13 bits per heavy atom. The summed E-state index contributed by atoms with van der Waals surface area (Å²) < 4.78 is 36.7. The summed E-state index contributed by atoms with van der Waals surface area (Å²) in [5.74, 6) is 1.13. The van der Waals surface area contributed by atoms with Gasteiger partial charge in [-0.05, 0) is 29.8 Å². The van der Waals surface area contributed by atoms with Crippen LogP contribution in [-0.4, -0.2) is 39.0 Å². The summed E-state index contributed by atoms with van der Waals surface area (Å²) in [5, 5.41) is 0.242. The molecule has 0 bridgehead atoms. The number of hydrogen-bond donors (Lipinski definition) is 0. The van der Waals surface area contributed by atoms with Crippen LogP contribution in [0.3, 0.4) is 0 Å². The van der Waals surface area contributed by atoms with Gasteiger partial charge in [0.05, 0.1) is 14.2 Å². The van der Waals surface area contributed by atoms with Gasteiger partial charge in [-0.25, -0.2) is 13.4 Å². The van der Waals surface area contributed by atoms with E-state index in [0.717, 1.165) is 5.56 Å². The van der Waals surface area contributed by atoms with Crippen LogP contribution in [0.1, 0.15) is 5.56 Å². The number of methoxy groups -OCH3 is 2. The van der Waals surface area contributed by atoms with Crippen LogP contribution in [0, 0.1) is 0 Å². The molecule has 0 amide bonds. The molecule has 23 heavy (non-hydrogen) atoms. The summed E-state index contributed by atoms with van der Waals surface area (Å²) in [7, 11) is 0.924. The van der Waals surface area contributed by atoms with Crippen molar-refractivity contribution in [2.75, 3.05) is 21.3 Å². The topological polar surface area (TPSA) is 68.7 Å². The van der Waals surface area contributed by atoms with Crippen molar-refractivity contribution in [3.05, 3.63) is 47.2 Å². The maximum Gasteiger partial charge on any atom is 0.244 e. The van der Waals surface area contributed by atoms with Gasteiger partial charge in [-0.3, -0.25) is 0 Å². The second-order valence-electron chi connectivity index (χ2n) is 4.77. The largest absolute Gasteiger partial charge is 0.493 e. The lowest BCUT2D eigenvalue weighted by Gasteiger charge is -2.18.